The number of carbonyl (C=O) groups excluding carboxylic acids is 1. The predicted octanol–water partition coefficient (Wildman–Crippen LogP) is 1.11. The number of rotatable bonds is 8. The van der Waals surface area contributed by atoms with E-state index in [2.05, 4.69) is 16.0 Å². The van der Waals surface area contributed by atoms with Crippen LogP contribution in [-0.4, -0.2) is 86.5 Å². The lowest BCUT2D eigenvalue weighted by Crippen LogP contribution is -2.60. The second-order valence-electron chi connectivity index (χ2n) is 6.86. The number of pyridine rings is 1. The minimum atomic E-state index is 0.0711. The Labute approximate surface area is 155 Å². The zero-order valence-electron chi connectivity index (χ0n) is 15.7. The number of nitrogens with zero attached hydrogens (tertiary/aromatic N) is 3. The number of piperidine rings is 1. The molecule has 0 N–H and O–H groups in total. The van der Waals surface area contributed by atoms with Crippen molar-refractivity contribution < 1.29 is 19.0 Å². The smallest absolute Gasteiger partial charge is 0.248 e. The summed E-state index contributed by atoms with van der Waals surface area (Å²) in [5.41, 5.74) is 1.20. The van der Waals surface area contributed by atoms with Crippen LogP contribution in [0.3, 0.4) is 0 Å². The maximum Gasteiger partial charge on any atom is 0.248 e. The van der Waals surface area contributed by atoms with E-state index in [-0.39, 0.29) is 24.7 Å². The highest BCUT2D eigenvalue weighted by molar-refractivity contribution is 5.77. The molecule has 2 aliphatic heterocycles. The van der Waals surface area contributed by atoms with Gasteiger partial charge < -0.3 is 19.1 Å². The van der Waals surface area contributed by atoms with Gasteiger partial charge in [-0.15, -0.1) is 0 Å². The highest BCUT2D eigenvalue weighted by Crippen LogP contribution is 2.39. The topological polar surface area (TPSA) is 64.1 Å². The number of amides is 1. The molecule has 0 spiro atoms. The van der Waals surface area contributed by atoms with Gasteiger partial charge in [0.05, 0.1) is 25.4 Å². The molecule has 7 heteroatoms. The van der Waals surface area contributed by atoms with Crippen LogP contribution in [0.2, 0.25) is 0 Å². The standard InChI is InChI=1S/C19H29N3O4/c1-24-10-11-26-14-18(23)21-8-5-16(6-9-21)22-13-17(25-2)19(22)15-4-3-7-20-12-15/h3-4,7,12,16-17,19H,5-6,8-11,13-14H2,1-2H3. The van der Waals surface area contributed by atoms with E-state index in [1.165, 1.54) is 5.56 Å². The van der Waals surface area contributed by atoms with Gasteiger partial charge in [0.1, 0.15) is 6.61 Å². The van der Waals surface area contributed by atoms with E-state index in [4.69, 9.17) is 14.2 Å². The summed E-state index contributed by atoms with van der Waals surface area (Å²) in [4.78, 5) is 20.9. The SMILES string of the molecule is COCCOCC(=O)N1CCC(N2CC(OC)C2c2cccnc2)CC1. The maximum absolute atomic E-state index is 12.2. The summed E-state index contributed by atoms with van der Waals surface area (Å²) in [5.74, 6) is 0.0711. The molecule has 2 unspecified atom stereocenters. The van der Waals surface area contributed by atoms with Crippen molar-refractivity contribution in [2.24, 2.45) is 0 Å². The van der Waals surface area contributed by atoms with Gasteiger partial charge in [-0.1, -0.05) is 6.07 Å². The van der Waals surface area contributed by atoms with Gasteiger partial charge in [-0.2, -0.15) is 0 Å². The minimum absolute atomic E-state index is 0.0711. The number of likely N-dealkylation sites (tertiary alicyclic amines) is 2. The lowest BCUT2D eigenvalue weighted by atomic mass is 9.87. The Hall–Kier alpha value is -1.54. The number of ether oxygens (including phenoxy) is 3. The molecule has 3 heterocycles. The van der Waals surface area contributed by atoms with Crippen LogP contribution < -0.4 is 0 Å². The van der Waals surface area contributed by atoms with Gasteiger partial charge in [-0.25, -0.2) is 0 Å². The molecule has 0 radical (unpaired) electrons. The monoisotopic (exact) mass is 363 g/mol. The molecule has 7 nitrogen and oxygen atoms in total. The Morgan fingerprint density at radius 2 is 2.08 bits per heavy atom. The van der Waals surface area contributed by atoms with Gasteiger partial charge in [0.25, 0.3) is 0 Å². The van der Waals surface area contributed by atoms with Crippen LogP contribution in [-0.2, 0) is 19.0 Å². The molecule has 144 valence electrons. The second kappa shape index (κ2) is 9.41. The minimum Gasteiger partial charge on any atom is -0.382 e. The second-order valence-corrected chi connectivity index (χ2v) is 6.86. The van der Waals surface area contributed by atoms with Crippen LogP contribution in [0, 0.1) is 0 Å². The third-order valence-corrected chi connectivity index (χ3v) is 5.37. The van der Waals surface area contributed by atoms with E-state index in [0.717, 1.165) is 32.5 Å². The normalized spacial score (nSPS) is 24.5. The summed E-state index contributed by atoms with van der Waals surface area (Å²) in [6.07, 6.45) is 5.91. The molecule has 3 rings (SSSR count). The van der Waals surface area contributed by atoms with Crippen molar-refractivity contribution in [2.45, 2.75) is 31.0 Å². The summed E-state index contributed by atoms with van der Waals surface area (Å²) in [7, 11) is 3.40. The quantitative estimate of drug-likeness (QED) is 0.645. The number of aromatic nitrogens is 1. The largest absolute Gasteiger partial charge is 0.382 e. The molecule has 1 amide bonds. The van der Waals surface area contributed by atoms with Crippen LogP contribution in [0.4, 0.5) is 0 Å². The average molecular weight is 363 g/mol. The number of hydrogen-bond acceptors (Lipinski definition) is 6. The summed E-state index contributed by atoms with van der Waals surface area (Å²) < 4.78 is 15.9. The van der Waals surface area contributed by atoms with Crippen molar-refractivity contribution in [2.75, 3.05) is 53.7 Å². The first-order valence-corrected chi connectivity index (χ1v) is 9.27. The molecule has 2 saturated heterocycles. The molecule has 2 atom stereocenters. The van der Waals surface area contributed by atoms with E-state index in [1.54, 1.807) is 20.4 Å². The molecule has 2 aliphatic rings. The van der Waals surface area contributed by atoms with Gasteiger partial charge in [0.15, 0.2) is 0 Å². The maximum atomic E-state index is 12.2. The van der Waals surface area contributed by atoms with Crippen LogP contribution >= 0.6 is 0 Å². The van der Waals surface area contributed by atoms with Crippen molar-refractivity contribution >= 4 is 5.91 Å². The van der Waals surface area contributed by atoms with Crippen LogP contribution in [0.5, 0.6) is 0 Å². The Bertz CT molecular complexity index is 563. The fourth-order valence-corrected chi connectivity index (χ4v) is 3.87. The van der Waals surface area contributed by atoms with Gasteiger partial charge in [0, 0.05) is 52.3 Å². The third kappa shape index (κ3) is 4.40. The molecule has 0 aromatic carbocycles. The Kier molecular flexibility index (Phi) is 6.96. The van der Waals surface area contributed by atoms with Gasteiger partial charge in [-0.3, -0.25) is 14.7 Å². The molecule has 0 saturated carbocycles. The number of hydrogen-bond donors (Lipinski definition) is 0. The lowest BCUT2D eigenvalue weighted by Gasteiger charge is -2.52. The summed E-state index contributed by atoms with van der Waals surface area (Å²) in [5, 5.41) is 0. The summed E-state index contributed by atoms with van der Waals surface area (Å²) in [6, 6.07) is 4.83. The molecule has 1 aromatic heterocycles. The first kappa shape index (κ1) is 19.2. The first-order chi connectivity index (χ1) is 12.7. The molecule has 0 bridgehead atoms. The average Bonchev–Trinajstić information content (AvgIpc) is 2.66. The lowest BCUT2D eigenvalue weighted by molar-refractivity contribution is -0.142. The zero-order valence-corrected chi connectivity index (χ0v) is 15.7. The van der Waals surface area contributed by atoms with E-state index >= 15 is 0 Å². The predicted molar refractivity (Wildman–Crippen MR) is 96.8 cm³/mol. The van der Waals surface area contributed by atoms with Crippen molar-refractivity contribution in [3.63, 3.8) is 0 Å². The summed E-state index contributed by atoms with van der Waals surface area (Å²) in [6.45, 7) is 3.62. The Morgan fingerprint density at radius 1 is 1.27 bits per heavy atom. The van der Waals surface area contributed by atoms with Crippen molar-refractivity contribution in [3.8, 4) is 0 Å². The molecule has 26 heavy (non-hydrogen) atoms. The Balaban J connectivity index is 1.49. The molecular weight excluding hydrogens is 334 g/mol. The van der Waals surface area contributed by atoms with Gasteiger partial charge in [-0.05, 0) is 24.5 Å². The molecule has 1 aromatic rings. The summed E-state index contributed by atoms with van der Waals surface area (Å²) >= 11 is 0. The molecule has 0 aliphatic carbocycles. The van der Waals surface area contributed by atoms with Crippen LogP contribution in [0.1, 0.15) is 24.4 Å². The fraction of sp³-hybridized carbons (Fsp3) is 0.684. The van der Waals surface area contributed by atoms with E-state index in [9.17, 15) is 4.79 Å². The highest BCUT2D eigenvalue weighted by atomic mass is 16.5. The van der Waals surface area contributed by atoms with Crippen molar-refractivity contribution in [3.05, 3.63) is 30.1 Å². The molecule has 2 fully saturated rings. The van der Waals surface area contributed by atoms with Crippen molar-refractivity contribution in [1.82, 2.24) is 14.8 Å². The fourth-order valence-electron chi connectivity index (χ4n) is 3.87. The van der Waals surface area contributed by atoms with Gasteiger partial charge in [0.2, 0.25) is 5.91 Å². The van der Waals surface area contributed by atoms with E-state index in [1.807, 2.05) is 17.2 Å². The first-order valence-electron chi connectivity index (χ1n) is 9.27. The van der Waals surface area contributed by atoms with Crippen molar-refractivity contribution in [1.29, 1.82) is 0 Å². The molecular formula is C19H29N3O4. The van der Waals surface area contributed by atoms with Crippen LogP contribution in [0.25, 0.3) is 0 Å². The van der Waals surface area contributed by atoms with E-state index in [0.29, 0.717) is 19.3 Å². The van der Waals surface area contributed by atoms with Gasteiger partial charge >= 0.3 is 0 Å². The van der Waals surface area contributed by atoms with E-state index < -0.39 is 0 Å². The third-order valence-electron chi connectivity index (χ3n) is 5.37. The highest BCUT2D eigenvalue weighted by Gasteiger charge is 2.44. The number of carbonyl (C=O) groups is 1. The zero-order chi connectivity index (χ0) is 18.4. The Morgan fingerprint density at radius 3 is 2.73 bits per heavy atom. The number of methoxy groups -OCH3 is 2. The van der Waals surface area contributed by atoms with Crippen LogP contribution in [0.15, 0.2) is 24.5 Å².